The van der Waals surface area contributed by atoms with Crippen LogP contribution in [0.25, 0.3) is 0 Å². The van der Waals surface area contributed by atoms with Crippen molar-refractivity contribution in [1.82, 2.24) is 4.90 Å². The molecule has 2 rings (SSSR count). The van der Waals surface area contributed by atoms with Gasteiger partial charge < -0.3 is 10.0 Å². The summed E-state index contributed by atoms with van der Waals surface area (Å²) in [7, 11) is 0. The van der Waals surface area contributed by atoms with E-state index < -0.39 is 16.8 Å². The lowest BCUT2D eigenvalue weighted by Crippen LogP contribution is -2.57. The Morgan fingerprint density at radius 1 is 1.86 bits per heavy atom. The van der Waals surface area contributed by atoms with Crippen LogP contribution in [0.3, 0.4) is 0 Å². The first-order chi connectivity index (χ1) is 6.49. The zero-order chi connectivity index (χ0) is 10.5. The van der Waals surface area contributed by atoms with Crippen molar-refractivity contribution in [2.75, 3.05) is 0 Å². The number of hydrogen-bond acceptors (Lipinski definition) is 3. The van der Waals surface area contributed by atoms with Crippen molar-refractivity contribution in [2.45, 2.75) is 29.5 Å². The van der Waals surface area contributed by atoms with Crippen LogP contribution in [0.2, 0.25) is 0 Å². The first kappa shape index (κ1) is 9.58. The Bertz CT molecular complexity index is 330. The Kier molecular flexibility index (Phi) is 1.89. The molecule has 76 valence electrons. The Morgan fingerprint density at radius 3 is 2.93 bits per heavy atom. The predicted molar refractivity (Wildman–Crippen MR) is 52.9 cm³/mol. The zero-order valence-electron chi connectivity index (χ0n) is 7.77. The summed E-state index contributed by atoms with van der Waals surface area (Å²) < 4.78 is -0.553. The van der Waals surface area contributed by atoms with Gasteiger partial charge in [0.25, 0.3) is 0 Å². The average molecular weight is 213 g/mol. The van der Waals surface area contributed by atoms with Gasteiger partial charge in [-0.05, 0) is 6.92 Å². The molecule has 2 fully saturated rings. The van der Waals surface area contributed by atoms with Crippen LogP contribution >= 0.6 is 11.8 Å². The highest BCUT2D eigenvalue weighted by Gasteiger charge is 2.59. The van der Waals surface area contributed by atoms with E-state index in [1.165, 1.54) is 16.7 Å². The van der Waals surface area contributed by atoms with E-state index in [2.05, 4.69) is 6.58 Å². The number of nitrogens with zero attached hydrogens (tertiary/aromatic N) is 1. The predicted octanol–water partition coefficient (Wildman–Crippen LogP) is 0.689. The molecule has 1 N–H and O–H groups in total. The minimum atomic E-state index is -0.949. The minimum Gasteiger partial charge on any atom is -0.480 e. The molecule has 0 aromatic rings. The number of aliphatic carboxylic acids is 1. The number of rotatable bonds is 2. The van der Waals surface area contributed by atoms with E-state index in [1.807, 2.05) is 6.92 Å². The molecule has 14 heavy (non-hydrogen) atoms. The van der Waals surface area contributed by atoms with E-state index >= 15 is 0 Å². The van der Waals surface area contributed by atoms with E-state index in [0.717, 1.165) is 0 Å². The fourth-order valence-corrected chi connectivity index (χ4v) is 3.57. The lowest BCUT2D eigenvalue weighted by Gasteiger charge is -2.36. The standard InChI is InChI=1S/C9H11NO3S/c1-3-9(2)7(8(12)13)10-5(11)4-6(10)14-9/h3,6-7H,1,4H2,2H3,(H,12,13)/t6-,7+,9?/m1/s1. The number of amides is 1. The van der Waals surface area contributed by atoms with Crippen molar-refractivity contribution in [3.8, 4) is 0 Å². The van der Waals surface area contributed by atoms with Gasteiger partial charge in [-0.3, -0.25) is 4.79 Å². The van der Waals surface area contributed by atoms with Gasteiger partial charge in [0.1, 0.15) is 6.04 Å². The second-order valence-electron chi connectivity index (χ2n) is 3.71. The van der Waals surface area contributed by atoms with Gasteiger partial charge in [-0.1, -0.05) is 6.08 Å². The van der Waals surface area contributed by atoms with Crippen LogP contribution in [0.4, 0.5) is 0 Å². The summed E-state index contributed by atoms with van der Waals surface area (Å²) in [6.07, 6.45) is 2.08. The molecule has 2 heterocycles. The smallest absolute Gasteiger partial charge is 0.328 e. The molecule has 3 atom stereocenters. The van der Waals surface area contributed by atoms with Crippen molar-refractivity contribution < 1.29 is 14.7 Å². The number of β-lactam (4-membered cyclic amide) rings is 1. The van der Waals surface area contributed by atoms with E-state index in [-0.39, 0.29) is 11.3 Å². The van der Waals surface area contributed by atoms with Crippen molar-refractivity contribution in [3.63, 3.8) is 0 Å². The van der Waals surface area contributed by atoms with Gasteiger partial charge in [-0.15, -0.1) is 18.3 Å². The maximum Gasteiger partial charge on any atom is 0.328 e. The average Bonchev–Trinajstić information content (AvgIpc) is 2.35. The highest BCUT2D eigenvalue weighted by Crippen LogP contribution is 2.51. The molecule has 1 unspecified atom stereocenters. The van der Waals surface area contributed by atoms with Gasteiger partial charge in [-0.2, -0.15) is 0 Å². The highest BCUT2D eigenvalue weighted by atomic mass is 32.2. The molecule has 0 aromatic carbocycles. The third-order valence-corrected chi connectivity index (χ3v) is 4.36. The minimum absolute atomic E-state index is 0.0339. The SMILES string of the molecule is C=CC1(C)S[C@@H]2CC(=O)N2[C@H]1C(=O)O. The number of hydrogen-bond donors (Lipinski definition) is 1. The molecule has 0 aromatic heterocycles. The van der Waals surface area contributed by atoms with Gasteiger partial charge in [0, 0.05) is 0 Å². The van der Waals surface area contributed by atoms with Crippen LogP contribution in [0.1, 0.15) is 13.3 Å². The molecule has 0 spiro atoms. The van der Waals surface area contributed by atoms with E-state index in [9.17, 15) is 9.59 Å². The second kappa shape index (κ2) is 2.76. The molecule has 0 saturated carbocycles. The van der Waals surface area contributed by atoms with Gasteiger partial charge in [0.2, 0.25) is 5.91 Å². The molecule has 0 radical (unpaired) electrons. The summed E-state index contributed by atoms with van der Waals surface area (Å²) >= 11 is 1.51. The Hall–Kier alpha value is -0.970. The van der Waals surface area contributed by atoms with Crippen LogP contribution in [0.5, 0.6) is 0 Å². The number of thioether (sulfide) groups is 1. The van der Waals surface area contributed by atoms with Crippen molar-refractivity contribution in [1.29, 1.82) is 0 Å². The number of fused-ring (bicyclic) bond motifs is 1. The van der Waals surface area contributed by atoms with Crippen LogP contribution in [-0.2, 0) is 9.59 Å². The number of carbonyl (C=O) groups is 2. The number of carbonyl (C=O) groups excluding carboxylic acids is 1. The van der Waals surface area contributed by atoms with E-state index in [1.54, 1.807) is 6.08 Å². The highest BCUT2D eigenvalue weighted by molar-refractivity contribution is 8.01. The third-order valence-electron chi connectivity index (χ3n) is 2.80. The van der Waals surface area contributed by atoms with Gasteiger partial charge in [0.15, 0.2) is 0 Å². The van der Waals surface area contributed by atoms with E-state index in [0.29, 0.717) is 6.42 Å². The second-order valence-corrected chi connectivity index (χ2v) is 5.37. The van der Waals surface area contributed by atoms with Crippen LogP contribution in [0.15, 0.2) is 12.7 Å². The molecule has 2 aliphatic heterocycles. The molecule has 1 amide bonds. The maximum atomic E-state index is 11.2. The monoisotopic (exact) mass is 213 g/mol. The number of carboxylic acid groups (broad SMARTS) is 1. The Labute approximate surface area is 86.0 Å². The fraction of sp³-hybridized carbons (Fsp3) is 0.556. The Balaban J connectivity index is 2.35. The molecule has 2 aliphatic rings. The van der Waals surface area contributed by atoms with E-state index in [4.69, 9.17) is 5.11 Å². The molecule has 4 nitrogen and oxygen atoms in total. The van der Waals surface area contributed by atoms with Crippen LogP contribution in [-0.4, -0.2) is 38.0 Å². The topological polar surface area (TPSA) is 57.6 Å². The van der Waals surface area contributed by atoms with Crippen molar-refractivity contribution in [2.24, 2.45) is 0 Å². The lowest BCUT2D eigenvalue weighted by molar-refractivity contribution is -0.156. The fourth-order valence-electron chi connectivity index (χ4n) is 1.97. The summed E-state index contributed by atoms with van der Waals surface area (Å²) in [5.41, 5.74) is 0. The van der Waals surface area contributed by atoms with Crippen LogP contribution in [0, 0.1) is 0 Å². The van der Waals surface area contributed by atoms with Gasteiger partial charge in [-0.25, -0.2) is 4.79 Å². The van der Waals surface area contributed by atoms with Gasteiger partial charge in [0.05, 0.1) is 16.5 Å². The summed E-state index contributed by atoms with van der Waals surface area (Å²) in [5.74, 6) is -1.02. The number of carboxylic acids is 1. The summed E-state index contributed by atoms with van der Waals surface area (Å²) in [6.45, 7) is 5.46. The third kappa shape index (κ3) is 1.02. The quantitative estimate of drug-likeness (QED) is 0.541. The van der Waals surface area contributed by atoms with Crippen LogP contribution < -0.4 is 0 Å². The molecule has 5 heteroatoms. The zero-order valence-corrected chi connectivity index (χ0v) is 8.58. The summed E-state index contributed by atoms with van der Waals surface area (Å²) in [5, 5.41) is 9.10. The lowest BCUT2D eigenvalue weighted by atomic mass is 9.97. The first-order valence-electron chi connectivity index (χ1n) is 4.35. The maximum absolute atomic E-state index is 11.2. The summed E-state index contributed by atoms with van der Waals surface area (Å²) in [6, 6.07) is -0.753. The first-order valence-corrected chi connectivity index (χ1v) is 5.23. The molecular weight excluding hydrogens is 202 g/mol. The molecular formula is C9H11NO3S. The van der Waals surface area contributed by atoms with Crippen molar-refractivity contribution >= 4 is 23.6 Å². The normalized spacial score (nSPS) is 40.4. The van der Waals surface area contributed by atoms with Crippen molar-refractivity contribution in [3.05, 3.63) is 12.7 Å². The Morgan fingerprint density at radius 2 is 2.50 bits per heavy atom. The largest absolute Gasteiger partial charge is 0.480 e. The molecule has 2 saturated heterocycles. The van der Waals surface area contributed by atoms with Gasteiger partial charge >= 0.3 is 5.97 Å². The molecule has 0 bridgehead atoms. The summed E-state index contributed by atoms with van der Waals surface area (Å²) in [4.78, 5) is 23.8. The molecule has 0 aliphatic carbocycles.